The third kappa shape index (κ3) is 5.67. The normalized spacial score (nSPS) is 11.2. The van der Waals surface area contributed by atoms with Crippen molar-refractivity contribution in [1.29, 1.82) is 0 Å². The molecule has 0 radical (unpaired) electrons. The fourth-order valence-corrected chi connectivity index (χ4v) is 1.65. The Kier molecular flexibility index (Phi) is 5.51. The highest BCUT2D eigenvalue weighted by Crippen LogP contribution is 2.24. The number of benzene rings is 1. The number of aromatic carboxylic acids is 1. The molecular formula is C12H13F3N2O4. The number of nitrogens with one attached hydrogen (secondary N) is 1. The van der Waals surface area contributed by atoms with Gasteiger partial charge >= 0.3 is 12.1 Å². The maximum absolute atomic E-state index is 11.9. The molecular weight excluding hydrogens is 293 g/mol. The van der Waals surface area contributed by atoms with E-state index < -0.39 is 23.5 Å². The minimum absolute atomic E-state index is 0.0775. The highest BCUT2D eigenvalue weighted by Gasteiger charge is 2.25. The Hall–Kier alpha value is -2.32. The van der Waals surface area contributed by atoms with Gasteiger partial charge in [0.2, 0.25) is 0 Å². The number of carboxylic acid groups (broad SMARTS) is 1. The van der Waals surface area contributed by atoms with Crippen molar-refractivity contribution in [1.82, 2.24) is 0 Å². The van der Waals surface area contributed by atoms with Crippen LogP contribution in [0.15, 0.2) is 18.2 Å². The molecule has 0 aromatic heterocycles. The zero-order valence-electron chi connectivity index (χ0n) is 10.8. The Morgan fingerprint density at radius 1 is 1.33 bits per heavy atom. The van der Waals surface area contributed by atoms with Gasteiger partial charge in [-0.15, -0.1) is 0 Å². The van der Waals surface area contributed by atoms with Crippen LogP contribution < -0.4 is 5.32 Å². The van der Waals surface area contributed by atoms with Gasteiger partial charge in [0.15, 0.2) is 0 Å². The number of carbonyl (C=O) groups is 1. The Balaban J connectivity index is 2.62. The number of unbranched alkanes of at least 4 members (excludes halogenated alkanes) is 1. The minimum atomic E-state index is -4.21. The molecule has 0 heterocycles. The fraction of sp³-hybridized carbons (Fsp3) is 0.417. The predicted molar refractivity (Wildman–Crippen MR) is 68.5 cm³/mol. The Bertz CT molecular complexity index is 532. The number of carboxylic acids is 1. The van der Waals surface area contributed by atoms with E-state index in [2.05, 4.69) is 5.32 Å². The third-order valence-electron chi connectivity index (χ3n) is 2.65. The van der Waals surface area contributed by atoms with Gasteiger partial charge in [-0.05, 0) is 18.9 Å². The van der Waals surface area contributed by atoms with Gasteiger partial charge in [-0.3, -0.25) is 10.1 Å². The third-order valence-corrected chi connectivity index (χ3v) is 2.65. The highest BCUT2D eigenvalue weighted by molar-refractivity contribution is 5.95. The lowest BCUT2D eigenvalue weighted by atomic mass is 10.1. The van der Waals surface area contributed by atoms with Crippen LogP contribution in [0, 0.1) is 10.1 Å². The second-order valence-electron chi connectivity index (χ2n) is 4.29. The lowest BCUT2D eigenvalue weighted by molar-refractivity contribution is -0.384. The monoisotopic (exact) mass is 306 g/mol. The van der Waals surface area contributed by atoms with Crippen LogP contribution in [0.25, 0.3) is 0 Å². The van der Waals surface area contributed by atoms with Crippen molar-refractivity contribution >= 4 is 17.3 Å². The van der Waals surface area contributed by atoms with Gasteiger partial charge in [0.25, 0.3) is 5.69 Å². The van der Waals surface area contributed by atoms with Gasteiger partial charge in [-0.25, -0.2) is 4.79 Å². The van der Waals surface area contributed by atoms with Gasteiger partial charge in [0.1, 0.15) is 0 Å². The summed E-state index contributed by atoms with van der Waals surface area (Å²) in [5.74, 6) is -1.35. The van der Waals surface area contributed by atoms with E-state index in [1.807, 2.05) is 0 Å². The lowest BCUT2D eigenvalue weighted by Gasteiger charge is -2.10. The molecule has 0 aliphatic carbocycles. The zero-order valence-corrected chi connectivity index (χ0v) is 10.8. The number of alkyl halides is 3. The van der Waals surface area contributed by atoms with Crippen molar-refractivity contribution in [2.24, 2.45) is 0 Å². The summed E-state index contributed by atoms with van der Waals surface area (Å²) < 4.78 is 35.8. The van der Waals surface area contributed by atoms with E-state index in [9.17, 15) is 28.1 Å². The standard InChI is InChI=1S/C12H13F3N2O4/c13-12(14,15)5-1-2-6-16-10-4-3-8(17(20)21)7-9(10)11(18)19/h3-4,7,16H,1-2,5-6H2,(H,18,19). The number of halogens is 3. The van der Waals surface area contributed by atoms with Crippen molar-refractivity contribution in [3.63, 3.8) is 0 Å². The summed E-state index contributed by atoms with van der Waals surface area (Å²) in [6, 6.07) is 3.26. The molecule has 0 amide bonds. The summed E-state index contributed by atoms with van der Waals surface area (Å²) in [6.07, 6.45) is -4.98. The van der Waals surface area contributed by atoms with Crippen LogP contribution in [0.5, 0.6) is 0 Å². The number of nitrogens with zero attached hydrogens (tertiary/aromatic N) is 1. The molecule has 116 valence electrons. The molecule has 0 fully saturated rings. The van der Waals surface area contributed by atoms with E-state index in [1.54, 1.807) is 0 Å². The first kappa shape index (κ1) is 16.7. The summed E-state index contributed by atoms with van der Waals surface area (Å²) in [6.45, 7) is 0.147. The molecule has 0 unspecified atom stereocenters. The summed E-state index contributed by atoms with van der Waals surface area (Å²) >= 11 is 0. The maximum Gasteiger partial charge on any atom is 0.389 e. The van der Waals surface area contributed by atoms with Crippen LogP contribution >= 0.6 is 0 Å². The second-order valence-corrected chi connectivity index (χ2v) is 4.29. The zero-order chi connectivity index (χ0) is 16.0. The number of hydrogen-bond donors (Lipinski definition) is 2. The summed E-state index contributed by atoms with van der Waals surface area (Å²) in [4.78, 5) is 20.8. The van der Waals surface area contributed by atoms with Crippen LogP contribution in [-0.2, 0) is 0 Å². The molecule has 1 rings (SSSR count). The highest BCUT2D eigenvalue weighted by atomic mass is 19.4. The topological polar surface area (TPSA) is 92.5 Å². The number of non-ortho nitro benzene ring substituents is 1. The number of nitro benzene ring substituents is 1. The first-order valence-electron chi connectivity index (χ1n) is 6.03. The molecule has 6 nitrogen and oxygen atoms in total. The Labute approximate surface area is 117 Å². The van der Waals surface area contributed by atoms with Crippen LogP contribution in [-0.4, -0.2) is 28.7 Å². The van der Waals surface area contributed by atoms with Crippen molar-refractivity contribution in [2.75, 3.05) is 11.9 Å². The van der Waals surface area contributed by atoms with Crippen molar-refractivity contribution in [3.8, 4) is 0 Å². The molecule has 9 heteroatoms. The molecule has 0 spiro atoms. The Morgan fingerprint density at radius 3 is 2.52 bits per heavy atom. The van der Waals surface area contributed by atoms with Gasteiger partial charge in [-0.1, -0.05) is 0 Å². The van der Waals surface area contributed by atoms with E-state index in [0.29, 0.717) is 0 Å². The van der Waals surface area contributed by atoms with Gasteiger partial charge in [0.05, 0.1) is 10.5 Å². The van der Waals surface area contributed by atoms with Crippen molar-refractivity contribution < 1.29 is 28.0 Å². The van der Waals surface area contributed by atoms with Gasteiger partial charge in [-0.2, -0.15) is 13.2 Å². The van der Waals surface area contributed by atoms with Crippen LogP contribution in [0.3, 0.4) is 0 Å². The fourth-order valence-electron chi connectivity index (χ4n) is 1.65. The molecule has 0 bridgehead atoms. The average molecular weight is 306 g/mol. The molecule has 21 heavy (non-hydrogen) atoms. The summed E-state index contributed by atoms with van der Waals surface area (Å²) in [5.41, 5.74) is -0.518. The van der Waals surface area contributed by atoms with E-state index in [0.717, 1.165) is 12.1 Å². The quantitative estimate of drug-likeness (QED) is 0.457. The first-order chi connectivity index (χ1) is 9.70. The minimum Gasteiger partial charge on any atom is -0.478 e. The van der Waals surface area contributed by atoms with Crippen molar-refractivity contribution in [2.45, 2.75) is 25.4 Å². The largest absolute Gasteiger partial charge is 0.478 e. The van der Waals surface area contributed by atoms with Crippen LogP contribution in [0.1, 0.15) is 29.6 Å². The molecule has 1 aromatic rings. The van der Waals surface area contributed by atoms with Crippen LogP contribution in [0.2, 0.25) is 0 Å². The second kappa shape index (κ2) is 6.91. The Morgan fingerprint density at radius 2 is 2.00 bits per heavy atom. The molecule has 0 atom stereocenters. The van der Waals surface area contributed by atoms with Gasteiger partial charge < -0.3 is 10.4 Å². The molecule has 0 aliphatic rings. The van der Waals surface area contributed by atoms with E-state index in [4.69, 9.17) is 5.11 Å². The molecule has 0 saturated carbocycles. The van der Waals surface area contributed by atoms with Gasteiger partial charge in [0, 0.05) is 30.8 Å². The number of hydrogen-bond acceptors (Lipinski definition) is 4. The molecule has 1 aromatic carbocycles. The number of rotatable bonds is 7. The lowest BCUT2D eigenvalue weighted by Crippen LogP contribution is -2.10. The smallest absolute Gasteiger partial charge is 0.389 e. The first-order valence-corrected chi connectivity index (χ1v) is 6.03. The molecule has 0 saturated heterocycles. The van der Waals surface area contributed by atoms with Crippen molar-refractivity contribution in [3.05, 3.63) is 33.9 Å². The average Bonchev–Trinajstić information content (AvgIpc) is 2.36. The summed E-state index contributed by atoms with van der Waals surface area (Å²) in [7, 11) is 0. The summed E-state index contributed by atoms with van der Waals surface area (Å²) in [5, 5.41) is 22.2. The number of anilines is 1. The predicted octanol–water partition coefficient (Wildman–Crippen LogP) is 3.44. The maximum atomic E-state index is 11.9. The van der Waals surface area contributed by atoms with E-state index >= 15 is 0 Å². The molecule has 0 aliphatic heterocycles. The molecule has 2 N–H and O–H groups in total. The van der Waals surface area contributed by atoms with E-state index in [1.165, 1.54) is 6.07 Å². The van der Waals surface area contributed by atoms with E-state index in [-0.39, 0.29) is 36.3 Å². The SMILES string of the molecule is O=C(O)c1cc([N+](=O)[O-])ccc1NCCCCC(F)(F)F. The number of nitro groups is 1. The van der Waals surface area contributed by atoms with Crippen LogP contribution in [0.4, 0.5) is 24.5 Å².